The van der Waals surface area contributed by atoms with E-state index in [0.717, 1.165) is 64.2 Å². The first-order valence-electron chi connectivity index (χ1n) is 40.6. The van der Waals surface area contributed by atoms with Gasteiger partial charge in [-0.15, -0.1) is 0 Å². The lowest BCUT2D eigenvalue weighted by molar-refractivity contribution is -0.870. The van der Waals surface area contributed by atoms with E-state index in [9.17, 15) is 19.0 Å². The number of rotatable bonds is 76. The molecule has 0 aromatic heterocycles. The van der Waals surface area contributed by atoms with Crippen LogP contribution in [0.25, 0.3) is 0 Å². The third kappa shape index (κ3) is 78.4. The van der Waals surface area contributed by atoms with Crippen molar-refractivity contribution in [3.8, 4) is 0 Å². The third-order valence-corrected chi connectivity index (χ3v) is 19.2. The molecule has 94 heavy (non-hydrogen) atoms. The molecule has 0 radical (unpaired) electrons. The van der Waals surface area contributed by atoms with E-state index < -0.39 is 26.5 Å². The third-order valence-electron chi connectivity index (χ3n) is 18.2. The largest absolute Gasteiger partial charge is 0.756 e. The highest BCUT2D eigenvalue weighted by Gasteiger charge is 2.22. The number of quaternary nitrogens is 1. The predicted molar refractivity (Wildman–Crippen MR) is 406 cm³/mol. The van der Waals surface area contributed by atoms with Crippen LogP contribution in [0, 0.1) is 0 Å². The molecule has 0 aliphatic rings. The van der Waals surface area contributed by atoms with Crippen LogP contribution < -0.4 is 4.89 Å². The van der Waals surface area contributed by atoms with E-state index in [1.165, 1.54) is 302 Å². The van der Waals surface area contributed by atoms with Gasteiger partial charge in [0.05, 0.1) is 27.7 Å². The minimum absolute atomic E-state index is 0.0286. The molecular weight excluding hydrogens is 1180 g/mol. The van der Waals surface area contributed by atoms with Crippen LogP contribution in [-0.4, -0.2) is 70.0 Å². The molecular formula is C84H156NO8P. The van der Waals surface area contributed by atoms with Crippen LogP contribution in [0.15, 0.2) is 72.9 Å². The lowest BCUT2D eigenvalue weighted by Gasteiger charge is -2.28. The van der Waals surface area contributed by atoms with E-state index >= 15 is 0 Å². The molecule has 2 atom stereocenters. The second kappa shape index (κ2) is 74.7. The first-order valence-corrected chi connectivity index (χ1v) is 42.1. The molecule has 0 aromatic carbocycles. The Morgan fingerprint density at radius 2 is 0.606 bits per heavy atom. The Bertz CT molecular complexity index is 1820. The number of esters is 2. The molecule has 0 heterocycles. The summed E-state index contributed by atoms with van der Waals surface area (Å²) in [5.41, 5.74) is 0. The van der Waals surface area contributed by atoms with Crippen molar-refractivity contribution in [1.82, 2.24) is 0 Å². The number of phosphoric ester groups is 1. The van der Waals surface area contributed by atoms with Crippen LogP contribution in [0.3, 0.4) is 0 Å². The van der Waals surface area contributed by atoms with Crippen LogP contribution >= 0.6 is 7.82 Å². The molecule has 0 bridgehead atoms. The molecule has 0 aromatic rings. The SMILES string of the molecule is CC/C=C\C/C=C\C/C=C\C/C=C\C/C=C\CCCCCCCCCCCCCCCCCCCCCCCCCCCC(=O)OC(COC(=O)CCCCCCCCCCCCCCCCCCC/C=C\CCCCCCCCCC)COP(=O)([O-])OCC[N+](C)(C)C. The minimum Gasteiger partial charge on any atom is -0.756 e. The lowest BCUT2D eigenvalue weighted by atomic mass is 10.0. The van der Waals surface area contributed by atoms with Crippen molar-refractivity contribution in [1.29, 1.82) is 0 Å². The smallest absolute Gasteiger partial charge is 0.306 e. The summed E-state index contributed by atoms with van der Waals surface area (Å²) in [6, 6.07) is 0. The molecule has 0 aliphatic heterocycles. The monoisotopic (exact) mass is 1340 g/mol. The minimum atomic E-state index is -4.64. The van der Waals surface area contributed by atoms with Crippen LogP contribution in [0.5, 0.6) is 0 Å². The number of carbonyl (C=O) groups excluding carboxylic acids is 2. The van der Waals surface area contributed by atoms with Gasteiger partial charge in [-0.1, -0.05) is 376 Å². The zero-order chi connectivity index (χ0) is 68.3. The summed E-state index contributed by atoms with van der Waals surface area (Å²) < 4.78 is 34.4. The number of nitrogens with zero attached hydrogens (tertiary/aromatic N) is 1. The van der Waals surface area contributed by atoms with Crippen LogP contribution in [0.2, 0.25) is 0 Å². The normalized spacial score (nSPS) is 13.4. The maximum absolute atomic E-state index is 12.9. The lowest BCUT2D eigenvalue weighted by Crippen LogP contribution is -2.37. The average molecular weight is 1340 g/mol. The number of phosphoric acid groups is 1. The standard InChI is InChI=1S/C84H156NO8P/c1-6-8-10-12-14-16-18-20-22-24-26-28-30-32-34-36-37-38-39-40-41-42-43-44-45-46-47-49-51-53-55-57-59-61-63-65-67-69-71-73-75-77-84(87)93-82(81-92-94(88,89)91-79-78-85(3,4)5)80-90-83(86)76-74-72-70-68-66-64-62-60-58-56-54-52-50-48-35-33-31-29-27-25-23-21-19-17-15-13-11-9-7-2/h8,10,14,16,20,22,25-28,32,34,82H,6-7,9,11-13,15,17-19,21,23-24,29-31,33,35-81H2,1-5H3/b10-8-,16-14-,22-20-,27-25-,28-26-,34-32-. The maximum atomic E-state index is 12.9. The molecule has 9 nitrogen and oxygen atoms in total. The molecule has 0 spiro atoms. The van der Waals surface area contributed by atoms with Gasteiger partial charge in [-0.3, -0.25) is 14.2 Å². The second-order valence-corrected chi connectivity index (χ2v) is 30.2. The van der Waals surface area contributed by atoms with Gasteiger partial charge in [0.1, 0.15) is 19.8 Å². The average Bonchev–Trinajstić information content (AvgIpc) is 1.57. The highest BCUT2D eigenvalue weighted by molar-refractivity contribution is 7.45. The fourth-order valence-corrected chi connectivity index (χ4v) is 12.8. The molecule has 0 saturated carbocycles. The second-order valence-electron chi connectivity index (χ2n) is 28.8. The molecule has 0 saturated heterocycles. The Morgan fingerprint density at radius 3 is 0.915 bits per heavy atom. The van der Waals surface area contributed by atoms with Crippen molar-refractivity contribution in [3.05, 3.63) is 72.9 Å². The summed E-state index contributed by atoms with van der Waals surface area (Å²) in [5, 5.41) is 0. The van der Waals surface area contributed by atoms with Crippen molar-refractivity contribution in [3.63, 3.8) is 0 Å². The fourth-order valence-electron chi connectivity index (χ4n) is 12.0. The molecule has 0 amide bonds. The van der Waals surface area contributed by atoms with Crippen LogP contribution in [0.4, 0.5) is 0 Å². The number of carbonyl (C=O) groups is 2. The zero-order valence-corrected chi connectivity index (χ0v) is 63.8. The number of ether oxygens (including phenoxy) is 2. The number of likely N-dealkylation sites (N-methyl/N-ethyl adjacent to an activating group) is 1. The van der Waals surface area contributed by atoms with Gasteiger partial charge >= 0.3 is 11.9 Å². The first kappa shape index (κ1) is 91.4. The van der Waals surface area contributed by atoms with E-state index in [2.05, 4.69) is 86.8 Å². The summed E-state index contributed by atoms with van der Waals surface area (Å²) in [7, 11) is 1.19. The Labute approximate surface area is 584 Å². The molecule has 2 unspecified atom stereocenters. The van der Waals surface area contributed by atoms with Crippen molar-refractivity contribution in [2.75, 3.05) is 47.5 Å². The highest BCUT2D eigenvalue weighted by Crippen LogP contribution is 2.38. The molecule has 0 N–H and O–H groups in total. The van der Waals surface area contributed by atoms with Gasteiger partial charge in [-0.2, -0.15) is 0 Å². The summed E-state index contributed by atoms with van der Waals surface area (Å²) in [5.74, 6) is -0.810. The Kier molecular flexibility index (Phi) is 72.6. The predicted octanol–water partition coefficient (Wildman–Crippen LogP) is 26.4. The van der Waals surface area contributed by atoms with Gasteiger partial charge in [-0.25, -0.2) is 0 Å². The zero-order valence-electron chi connectivity index (χ0n) is 62.9. The number of hydrogen-bond donors (Lipinski definition) is 0. The number of hydrogen-bond acceptors (Lipinski definition) is 8. The Morgan fingerprint density at radius 1 is 0.340 bits per heavy atom. The number of unbranched alkanes of at least 4 members (excludes halogenated alkanes) is 50. The van der Waals surface area contributed by atoms with E-state index in [4.69, 9.17) is 18.5 Å². The molecule has 0 aliphatic carbocycles. The van der Waals surface area contributed by atoms with Gasteiger partial charge in [0.15, 0.2) is 6.10 Å². The summed E-state index contributed by atoms with van der Waals surface area (Å²) in [6.45, 7) is 4.19. The maximum Gasteiger partial charge on any atom is 0.306 e. The topological polar surface area (TPSA) is 111 Å². The fraction of sp³-hybridized carbons (Fsp3) is 0.833. The molecule has 550 valence electrons. The number of allylic oxidation sites excluding steroid dienone is 12. The molecule has 0 rings (SSSR count). The van der Waals surface area contributed by atoms with Crippen LogP contribution in [-0.2, 0) is 32.7 Å². The van der Waals surface area contributed by atoms with Gasteiger partial charge < -0.3 is 27.9 Å². The summed E-state index contributed by atoms with van der Waals surface area (Å²) in [6.07, 6.45) is 102. The van der Waals surface area contributed by atoms with Gasteiger partial charge in [-0.05, 0) is 83.5 Å². The summed E-state index contributed by atoms with van der Waals surface area (Å²) in [4.78, 5) is 38.2. The van der Waals surface area contributed by atoms with E-state index in [0.29, 0.717) is 17.4 Å². The first-order chi connectivity index (χ1) is 46.0. The van der Waals surface area contributed by atoms with E-state index in [1.54, 1.807) is 0 Å². The van der Waals surface area contributed by atoms with Gasteiger partial charge in [0.25, 0.3) is 7.82 Å². The molecule has 10 heteroatoms. The Balaban J connectivity index is 3.89. The summed E-state index contributed by atoms with van der Waals surface area (Å²) >= 11 is 0. The Hall–Kier alpha value is -2.55. The molecule has 0 fully saturated rings. The van der Waals surface area contributed by atoms with Crippen molar-refractivity contribution in [2.24, 2.45) is 0 Å². The van der Waals surface area contributed by atoms with E-state index in [-0.39, 0.29) is 32.0 Å². The van der Waals surface area contributed by atoms with Gasteiger partial charge in [0.2, 0.25) is 0 Å². The van der Waals surface area contributed by atoms with Crippen molar-refractivity contribution < 1.29 is 42.1 Å². The highest BCUT2D eigenvalue weighted by atomic mass is 31.2. The van der Waals surface area contributed by atoms with Crippen molar-refractivity contribution >= 4 is 19.8 Å². The van der Waals surface area contributed by atoms with E-state index in [1.807, 2.05) is 21.1 Å². The van der Waals surface area contributed by atoms with Crippen molar-refractivity contribution in [2.45, 2.75) is 405 Å². The quantitative estimate of drug-likeness (QED) is 0.0195. The van der Waals surface area contributed by atoms with Gasteiger partial charge in [0, 0.05) is 12.8 Å². The van der Waals surface area contributed by atoms with Crippen LogP contribution in [0.1, 0.15) is 399 Å².